The van der Waals surface area contributed by atoms with Crippen LogP contribution in [0.5, 0.6) is 0 Å². The van der Waals surface area contributed by atoms with Gasteiger partial charge in [-0.1, -0.05) is 0 Å². The minimum Gasteiger partial charge on any atom is -0.481 e. The number of carbonyl (C=O) groups is 2. The van der Waals surface area contributed by atoms with Crippen molar-refractivity contribution in [3.05, 3.63) is 39.7 Å². The molecule has 1 aromatic carbocycles. The van der Waals surface area contributed by atoms with E-state index in [1.807, 2.05) is 0 Å². The second-order valence-corrected chi connectivity index (χ2v) is 4.94. The first-order valence-corrected chi connectivity index (χ1v) is 6.36. The predicted octanol–water partition coefficient (Wildman–Crippen LogP) is 1.72. The molecule has 7 nitrogen and oxygen atoms in total. The summed E-state index contributed by atoms with van der Waals surface area (Å²) in [6.07, 6.45) is 1.35. The number of nitro benzene ring substituents is 1. The Morgan fingerprint density at radius 3 is 2.62 bits per heavy atom. The van der Waals surface area contributed by atoms with E-state index in [0.717, 1.165) is 12.1 Å². The lowest BCUT2D eigenvalue weighted by molar-refractivity contribution is -0.387. The molecule has 1 saturated carbocycles. The van der Waals surface area contributed by atoms with Gasteiger partial charge in [0.15, 0.2) is 0 Å². The highest BCUT2D eigenvalue weighted by Gasteiger charge is 2.30. The number of amides is 1. The molecule has 0 unspecified atom stereocenters. The fraction of sp³-hybridized carbons (Fsp3) is 0.385. The van der Waals surface area contributed by atoms with Crippen LogP contribution in [0, 0.1) is 21.8 Å². The van der Waals surface area contributed by atoms with Gasteiger partial charge in [-0.3, -0.25) is 19.7 Å². The minimum absolute atomic E-state index is 0.0307. The molecule has 2 rings (SSSR count). The highest BCUT2D eigenvalue weighted by molar-refractivity contribution is 5.94. The highest BCUT2D eigenvalue weighted by Crippen LogP contribution is 2.26. The predicted molar refractivity (Wildman–Crippen MR) is 69.3 cm³/mol. The number of nitrogens with one attached hydrogen (secondary N) is 1. The van der Waals surface area contributed by atoms with Gasteiger partial charge in [0.25, 0.3) is 5.91 Å². The lowest BCUT2D eigenvalue weighted by Crippen LogP contribution is -2.33. The number of aliphatic carboxylic acids is 1. The van der Waals surface area contributed by atoms with E-state index < -0.39 is 34.2 Å². The number of benzene rings is 1. The number of nitrogens with zero attached hydrogens (tertiary/aromatic N) is 1. The highest BCUT2D eigenvalue weighted by atomic mass is 19.1. The molecular weight excluding hydrogens is 283 g/mol. The molecule has 0 heterocycles. The molecule has 0 spiro atoms. The van der Waals surface area contributed by atoms with Gasteiger partial charge >= 0.3 is 11.7 Å². The van der Waals surface area contributed by atoms with Crippen molar-refractivity contribution >= 4 is 17.6 Å². The number of nitro groups is 1. The first-order chi connectivity index (χ1) is 9.88. The van der Waals surface area contributed by atoms with Crippen molar-refractivity contribution in [2.45, 2.75) is 25.3 Å². The largest absolute Gasteiger partial charge is 0.481 e. The summed E-state index contributed by atoms with van der Waals surface area (Å²) < 4.78 is 13.4. The summed E-state index contributed by atoms with van der Waals surface area (Å²) >= 11 is 0. The smallest absolute Gasteiger partial charge is 0.306 e. The molecule has 2 N–H and O–H groups in total. The standard InChI is InChI=1S/C13H13FN2O5/c14-10-6-7(2-4-11(10)16(20)21)12(17)15-9-3-1-8(5-9)13(18)19/h2,4,6,8-9H,1,3,5H2,(H,15,17)(H,18,19)/t8-,9+/m1/s1. The van der Waals surface area contributed by atoms with Gasteiger partial charge in [-0.2, -0.15) is 4.39 Å². The molecule has 2 atom stereocenters. The van der Waals surface area contributed by atoms with E-state index in [9.17, 15) is 24.1 Å². The summed E-state index contributed by atoms with van der Waals surface area (Å²) in [7, 11) is 0. The molecule has 1 aromatic rings. The van der Waals surface area contributed by atoms with Crippen LogP contribution < -0.4 is 5.32 Å². The molecular formula is C13H13FN2O5. The SMILES string of the molecule is O=C(N[C@H]1CC[C@@H](C(=O)O)C1)c1ccc([N+](=O)[O-])c(F)c1. The second-order valence-electron chi connectivity index (χ2n) is 4.94. The summed E-state index contributed by atoms with van der Waals surface area (Å²) in [6, 6.07) is 2.62. The Bertz CT molecular complexity index is 604. The van der Waals surface area contributed by atoms with Crippen molar-refractivity contribution in [1.82, 2.24) is 5.32 Å². The maximum Gasteiger partial charge on any atom is 0.306 e. The molecule has 1 aliphatic rings. The minimum atomic E-state index is -1.08. The van der Waals surface area contributed by atoms with Gasteiger partial charge in [0.05, 0.1) is 10.8 Å². The van der Waals surface area contributed by atoms with Gasteiger partial charge in [-0.25, -0.2) is 0 Å². The Morgan fingerprint density at radius 1 is 1.38 bits per heavy atom. The van der Waals surface area contributed by atoms with Crippen LogP contribution in [-0.2, 0) is 4.79 Å². The Kier molecular flexibility index (Phi) is 4.15. The van der Waals surface area contributed by atoms with Gasteiger partial charge in [-0.05, 0) is 31.4 Å². The molecule has 112 valence electrons. The van der Waals surface area contributed by atoms with Crippen molar-refractivity contribution in [2.24, 2.45) is 5.92 Å². The third-order valence-electron chi connectivity index (χ3n) is 3.52. The van der Waals surface area contributed by atoms with E-state index in [0.29, 0.717) is 19.3 Å². The molecule has 0 aliphatic heterocycles. The molecule has 8 heteroatoms. The van der Waals surface area contributed by atoms with Crippen LogP contribution in [0.3, 0.4) is 0 Å². The quantitative estimate of drug-likeness (QED) is 0.649. The molecule has 21 heavy (non-hydrogen) atoms. The van der Waals surface area contributed by atoms with Crippen molar-refractivity contribution in [3.8, 4) is 0 Å². The van der Waals surface area contributed by atoms with Crippen LogP contribution in [0.2, 0.25) is 0 Å². The van der Waals surface area contributed by atoms with Crippen LogP contribution in [-0.4, -0.2) is 27.9 Å². The Hall–Kier alpha value is -2.51. The summed E-state index contributed by atoms with van der Waals surface area (Å²) in [5.74, 6) is -3.03. The van der Waals surface area contributed by atoms with E-state index >= 15 is 0 Å². The molecule has 0 bridgehead atoms. The number of carboxylic acid groups (broad SMARTS) is 1. The fourth-order valence-electron chi connectivity index (χ4n) is 2.40. The number of hydrogen-bond acceptors (Lipinski definition) is 4. The second kappa shape index (κ2) is 5.86. The van der Waals surface area contributed by atoms with Crippen molar-refractivity contribution in [3.63, 3.8) is 0 Å². The molecule has 0 aromatic heterocycles. The maximum absolute atomic E-state index is 13.4. The summed E-state index contributed by atoms with van der Waals surface area (Å²) in [5, 5.41) is 22.0. The zero-order chi connectivity index (χ0) is 15.6. The van der Waals surface area contributed by atoms with E-state index in [1.165, 1.54) is 6.07 Å². The van der Waals surface area contributed by atoms with Gasteiger partial charge < -0.3 is 10.4 Å². The molecule has 0 radical (unpaired) electrons. The van der Waals surface area contributed by atoms with Crippen molar-refractivity contribution < 1.29 is 24.0 Å². The zero-order valence-electron chi connectivity index (χ0n) is 10.9. The topological polar surface area (TPSA) is 110 Å². The first-order valence-electron chi connectivity index (χ1n) is 6.36. The Labute approximate surface area is 118 Å². The number of halogens is 1. The lowest BCUT2D eigenvalue weighted by atomic mass is 10.1. The van der Waals surface area contributed by atoms with E-state index in [-0.39, 0.29) is 11.6 Å². The monoisotopic (exact) mass is 296 g/mol. The van der Waals surface area contributed by atoms with E-state index in [1.54, 1.807) is 0 Å². The van der Waals surface area contributed by atoms with Crippen molar-refractivity contribution in [1.29, 1.82) is 0 Å². The van der Waals surface area contributed by atoms with Crippen LogP contribution >= 0.6 is 0 Å². The average Bonchev–Trinajstić information content (AvgIpc) is 2.86. The number of rotatable bonds is 4. The zero-order valence-corrected chi connectivity index (χ0v) is 10.9. The maximum atomic E-state index is 13.4. The third-order valence-corrected chi connectivity index (χ3v) is 3.52. The van der Waals surface area contributed by atoms with Gasteiger partial charge in [0, 0.05) is 17.7 Å². The Balaban J connectivity index is 2.03. The Morgan fingerprint density at radius 2 is 2.10 bits per heavy atom. The third kappa shape index (κ3) is 3.33. The number of carboxylic acids is 1. The first kappa shape index (κ1) is 14.9. The molecule has 0 saturated heterocycles. The molecule has 1 aliphatic carbocycles. The summed E-state index contributed by atoms with van der Waals surface area (Å²) in [4.78, 5) is 32.4. The average molecular weight is 296 g/mol. The van der Waals surface area contributed by atoms with Gasteiger partial charge in [0.1, 0.15) is 0 Å². The molecule has 1 amide bonds. The number of carbonyl (C=O) groups excluding carboxylic acids is 1. The van der Waals surface area contributed by atoms with Crippen LogP contribution in [0.1, 0.15) is 29.6 Å². The fourth-order valence-corrected chi connectivity index (χ4v) is 2.40. The lowest BCUT2D eigenvalue weighted by Gasteiger charge is -2.12. The summed E-state index contributed by atoms with van der Waals surface area (Å²) in [6.45, 7) is 0. The van der Waals surface area contributed by atoms with Gasteiger partial charge in [-0.15, -0.1) is 0 Å². The number of hydrogen-bond donors (Lipinski definition) is 2. The van der Waals surface area contributed by atoms with Crippen LogP contribution in [0.15, 0.2) is 18.2 Å². The van der Waals surface area contributed by atoms with E-state index in [4.69, 9.17) is 5.11 Å². The van der Waals surface area contributed by atoms with Crippen molar-refractivity contribution in [2.75, 3.05) is 0 Å². The van der Waals surface area contributed by atoms with E-state index in [2.05, 4.69) is 5.32 Å². The molecule has 1 fully saturated rings. The summed E-state index contributed by atoms with van der Waals surface area (Å²) in [5.41, 5.74) is -0.727. The van der Waals surface area contributed by atoms with Crippen LogP contribution in [0.25, 0.3) is 0 Å². The van der Waals surface area contributed by atoms with Crippen LogP contribution in [0.4, 0.5) is 10.1 Å². The van der Waals surface area contributed by atoms with Gasteiger partial charge in [0.2, 0.25) is 5.82 Å². The normalized spacial score (nSPS) is 21.0.